The summed E-state index contributed by atoms with van der Waals surface area (Å²) < 4.78 is 0. The molecule has 0 saturated heterocycles. The highest BCUT2D eigenvalue weighted by Gasteiger charge is 1.98. The van der Waals surface area contributed by atoms with E-state index in [0.29, 0.717) is 0 Å². The molecule has 0 saturated carbocycles. The Balaban J connectivity index is 2.53. The zero-order valence-corrected chi connectivity index (χ0v) is 5.85. The molecule has 0 nitrogen and oxygen atoms in total. The average molecular weight is 120 g/mol. The predicted molar refractivity (Wildman–Crippen MR) is 41.3 cm³/mol. The molecule has 0 N–H and O–H groups in total. The molecule has 0 aromatic rings. The van der Waals surface area contributed by atoms with E-state index in [-0.39, 0.29) is 0 Å². The van der Waals surface area contributed by atoms with E-state index in [2.05, 4.69) is 25.7 Å². The van der Waals surface area contributed by atoms with E-state index in [0.717, 1.165) is 12.8 Å². The Morgan fingerprint density at radius 2 is 2.56 bits per heavy atom. The van der Waals surface area contributed by atoms with Crippen LogP contribution < -0.4 is 0 Å². The molecule has 48 valence electrons. The minimum Gasteiger partial charge on any atom is -0.103 e. The van der Waals surface area contributed by atoms with Crippen molar-refractivity contribution in [1.82, 2.24) is 0 Å². The van der Waals surface area contributed by atoms with Gasteiger partial charge in [-0.15, -0.1) is 6.58 Å². The second kappa shape index (κ2) is 2.67. The topological polar surface area (TPSA) is 0 Å². The number of rotatable bonds is 2. The highest BCUT2D eigenvalue weighted by Crippen LogP contribution is 2.18. The molecule has 0 spiro atoms. The first-order chi connectivity index (χ1) is 4.33. The van der Waals surface area contributed by atoms with Gasteiger partial charge in [0.15, 0.2) is 0 Å². The van der Waals surface area contributed by atoms with E-state index in [4.69, 9.17) is 0 Å². The van der Waals surface area contributed by atoms with Crippen molar-refractivity contribution in [2.45, 2.75) is 19.8 Å². The molecule has 9 heavy (non-hydrogen) atoms. The van der Waals surface area contributed by atoms with Gasteiger partial charge < -0.3 is 0 Å². The van der Waals surface area contributed by atoms with E-state index in [9.17, 15) is 0 Å². The SMILES string of the molecule is C=CCC1=CCC(C)=C1. The zero-order valence-electron chi connectivity index (χ0n) is 5.85. The number of hydrogen-bond donors (Lipinski definition) is 0. The van der Waals surface area contributed by atoms with Crippen LogP contribution >= 0.6 is 0 Å². The fourth-order valence-electron chi connectivity index (χ4n) is 1.04. The van der Waals surface area contributed by atoms with Gasteiger partial charge in [0.25, 0.3) is 0 Å². The Bertz CT molecular complexity index is 170. The third kappa shape index (κ3) is 1.56. The fraction of sp³-hybridized carbons (Fsp3) is 0.333. The van der Waals surface area contributed by atoms with Crippen LogP contribution in [0.2, 0.25) is 0 Å². The summed E-state index contributed by atoms with van der Waals surface area (Å²) >= 11 is 0. The Morgan fingerprint density at radius 3 is 3.00 bits per heavy atom. The van der Waals surface area contributed by atoms with Crippen LogP contribution in [0, 0.1) is 0 Å². The van der Waals surface area contributed by atoms with Crippen molar-refractivity contribution in [1.29, 1.82) is 0 Å². The lowest BCUT2D eigenvalue weighted by atomic mass is 10.2. The van der Waals surface area contributed by atoms with Gasteiger partial charge in [-0.1, -0.05) is 23.8 Å². The molecule has 1 aliphatic rings. The molecule has 0 bridgehead atoms. The minimum absolute atomic E-state index is 1.03. The molecule has 0 amide bonds. The molecule has 1 rings (SSSR count). The van der Waals surface area contributed by atoms with Crippen molar-refractivity contribution in [3.63, 3.8) is 0 Å². The highest BCUT2D eigenvalue weighted by atomic mass is 14.0. The lowest BCUT2D eigenvalue weighted by Gasteiger charge is -1.87. The number of hydrogen-bond acceptors (Lipinski definition) is 0. The van der Waals surface area contributed by atoms with E-state index in [1.54, 1.807) is 0 Å². The van der Waals surface area contributed by atoms with Crippen LogP contribution in [-0.2, 0) is 0 Å². The Hall–Kier alpha value is -0.780. The van der Waals surface area contributed by atoms with Crippen molar-refractivity contribution in [2.24, 2.45) is 0 Å². The summed E-state index contributed by atoms with van der Waals surface area (Å²) in [4.78, 5) is 0. The van der Waals surface area contributed by atoms with E-state index < -0.39 is 0 Å². The molecule has 0 aliphatic heterocycles. The molecule has 0 aromatic carbocycles. The van der Waals surface area contributed by atoms with Gasteiger partial charge in [-0.05, 0) is 25.3 Å². The van der Waals surface area contributed by atoms with Gasteiger partial charge in [0, 0.05) is 0 Å². The fourth-order valence-corrected chi connectivity index (χ4v) is 1.04. The summed E-state index contributed by atoms with van der Waals surface area (Å²) in [6.45, 7) is 5.84. The van der Waals surface area contributed by atoms with Crippen LogP contribution in [0.4, 0.5) is 0 Å². The number of allylic oxidation sites excluding steroid dienone is 5. The summed E-state index contributed by atoms with van der Waals surface area (Å²) in [7, 11) is 0. The van der Waals surface area contributed by atoms with Gasteiger partial charge in [-0.3, -0.25) is 0 Å². The molecule has 0 aromatic heterocycles. The second-order valence-electron chi connectivity index (χ2n) is 2.47. The first-order valence-electron chi connectivity index (χ1n) is 3.30. The zero-order chi connectivity index (χ0) is 6.69. The van der Waals surface area contributed by atoms with Crippen LogP contribution in [0.25, 0.3) is 0 Å². The van der Waals surface area contributed by atoms with Crippen molar-refractivity contribution in [3.8, 4) is 0 Å². The summed E-state index contributed by atoms with van der Waals surface area (Å²) in [5, 5.41) is 0. The van der Waals surface area contributed by atoms with E-state index in [1.165, 1.54) is 11.1 Å². The lowest BCUT2D eigenvalue weighted by Crippen LogP contribution is -1.67. The lowest BCUT2D eigenvalue weighted by molar-refractivity contribution is 1.25. The van der Waals surface area contributed by atoms with Gasteiger partial charge in [0.2, 0.25) is 0 Å². The molecular weight excluding hydrogens is 108 g/mol. The van der Waals surface area contributed by atoms with Gasteiger partial charge in [0.05, 0.1) is 0 Å². The van der Waals surface area contributed by atoms with Crippen molar-refractivity contribution in [2.75, 3.05) is 0 Å². The van der Waals surface area contributed by atoms with Crippen molar-refractivity contribution >= 4 is 0 Å². The predicted octanol–water partition coefficient (Wildman–Crippen LogP) is 2.84. The summed E-state index contributed by atoms with van der Waals surface area (Å²) in [5.41, 5.74) is 2.88. The Kier molecular flexibility index (Phi) is 1.88. The summed E-state index contributed by atoms with van der Waals surface area (Å²) in [5.74, 6) is 0. The van der Waals surface area contributed by atoms with Crippen LogP contribution in [-0.4, -0.2) is 0 Å². The largest absolute Gasteiger partial charge is 0.103 e. The third-order valence-electron chi connectivity index (χ3n) is 1.50. The maximum absolute atomic E-state index is 3.68. The van der Waals surface area contributed by atoms with Crippen LogP contribution in [0.3, 0.4) is 0 Å². The molecule has 0 heterocycles. The summed E-state index contributed by atoms with van der Waals surface area (Å²) in [6, 6.07) is 0. The molecule has 0 atom stereocenters. The molecule has 1 aliphatic carbocycles. The normalized spacial score (nSPS) is 17.0. The molecule has 0 heteroatoms. The maximum Gasteiger partial charge on any atom is -0.0103 e. The molecule has 0 unspecified atom stereocenters. The standard InChI is InChI=1S/C9H12/c1-3-4-9-6-5-8(2)7-9/h3,6-7H,1,4-5H2,2H3. The molecule has 0 fully saturated rings. The van der Waals surface area contributed by atoms with Gasteiger partial charge in [0.1, 0.15) is 0 Å². The minimum atomic E-state index is 1.03. The van der Waals surface area contributed by atoms with Crippen LogP contribution in [0.1, 0.15) is 19.8 Å². The van der Waals surface area contributed by atoms with Crippen LogP contribution in [0.5, 0.6) is 0 Å². The van der Waals surface area contributed by atoms with E-state index in [1.807, 2.05) is 6.08 Å². The summed E-state index contributed by atoms with van der Waals surface area (Å²) in [6.07, 6.45) is 8.61. The first kappa shape index (κ1) is 6.34. The average Bonchev–Trinajstić information content (AvgIpc) is 2.17. The first-order valence-corrected chi connectivity index (χ1v) is 3.30. The quantitative estimate of drug-likeness (QED) is 0.491. The van der Waals surface area contributed by atoms with Crippen LogP contribution in [0.15, 0.2) is 36.0 Å². The third-order valence-corrected chi connectivity index (χ3v) is 1.50. The Morgan fingerprint density at radius 1 is 1.78 bits per heavy atom. The highest BCUT2D eigenvalue weighted by molar-refractivity contribution is 5.32. The second-order valence-corrected chi connectivity index (χ2v) is 2.47. The van der Waals surface area contributed by atoms with Crippen molar-refractivity contribution < 1.29 is 0 Å². The van der Waals surface area contributed by atoms with Crippen molar-refractivity contribution in [3.05, 3.63) is 36.0 Å². The maximum atomic E-state index is 3.68. The van der Waals surface area contributed by atoms with Gasteiger partial charge in [-0.2, -0.15) is 0 Å². The van der Waals surface area contributed by atoms with Gasteiger partial charge >= 0.3 is 0 Å². The smallest absolute Gasteiger partial charge is 0.0103 e. The Labute approximate surface area is 56.6 Å². The molecule has 0 radical (unpaired) electrons. The van der Waals surface area contributed by atoms with Gasteiger partial charge in [-0.25, -0.2) is 0 Å². The molecular formula is C9H12. The van der Waals surface area contributed by atoms with E-state index >= 15 is 0 Å². The monoisotopic (exact) mass is 120 g/mol.